The Labute approximate surface area is 76.5 Å². The van der Waals surface area contributed by atoms with E-state index in [4.69, 9.17) is 0 Å². The number of benzene rings is 1. The molecule has 1 rings (SSSR count). The van der Waals surface area contributed by atoms with Gasteiger partial charge in [-0.3, -0.25) is 0 Å². The summed E-state index contributed by atoms with van der Waals surface area (Å²) in [5.74, 6) is -0.190. The van der Waals surface area contributed by atoms with Crippen LogP contribution in [0.15, 0.2) is 29.7 Å². The maximum Gasteiger partial charge on any atom is 0.124 e. The van der Waals surface area contributed by atoms with E-state index in [0.717, 1.165) is 16.0 Å². The largest absolute Gasteiger partial charge is 0.207 e. The lowest BCUT2D eigenvalue weighted by molar-refractivity contribution is 0.624. The Morgan fingerprint density at radius 1 is 1.50 bits per heavy atom. The van der Waals surface area contributed by atoms with Crippen LogP contribution in [0.5, 0.6) is 0 Å². The number of hydrogen-bond acceptors (Lipinski definition) is 1. The molecule has 0 nitrogen and oxygen atoms in total. The highest BCUT2D eigenvalue weighted by molar-refractivity contribution is 7.98. The van der Waals surface area contributed by atoms with Crippen LogP contribution >= 0.6 is 11.8 Å². The molecule has 2 heteroatoms. The molecule has 0 unspecified atom stereocenters. The second-order valence-electron chi connectivity index (χ2n) is 2.62. The molecular weight excluding hydrogens is 171 g/mol. The van der Waals surface area contributed by atoms with Crippen molar-refractivity contribution in [2.45, 2.75) is 11.8 Å². The predicted molar refractivity (Wildman–Crippen MR) is 52.9 cm³/mol. The summed E-state index contributed by atoms with van der Waals surface area (Å²) in [5, 5.41) is 0. The van der Waals surface area contributed by atoms with Crippen LogP contribution in [0.25, 0.3) is 5.57 Å². The van der Waals surface area contributed by atoms with Crippen molar-refractivity contribution in [3.63, 3.8) is 0 Å². The van der Waals surface area contributed by atoms with E-state index in [-0.39, 0.29) is 5.82 Å². The third-order valence-corrected chi connectivity index (χ3v) is 2.40. The van der Waals surface area contributed by atoms with Gasteiger partial charge in [0.15, 0.2) is 0 Å². The Bertz CT molecular complexity index is 305. The highest BCUT2D eigenvalue weighted by atomic mass is 32.2. The summed E-state index contributed by atoms with van der Waals surface area (Å²) in [6.07, 6.45) is 1.93. The number of hydrogen-bond donors (Lipinski definition) is 0. The molecule has 0 aliphatic carbocycles. The van der Waals surface area contributed by atoms with Gasteiger partial charge in [-0.05, 0) is 36.4 Å². The average molecular weight is 182 g/mol. The molecule has 0 heterocycles. The van der Waals surface area contributed by atoms with Crippen LogP contribution in [0.1, 0.15) is 12.5 Å². The Balaban J connectivity index is 3.20. The lowest BCUT2D eigenvalue weighted by atomic mass is 10.1. The van der Waals surface area contributed by atoms with Crippen molar-refractivity contribution in [1.82, 2.24) is 0 Å². The maximum absolute atomic E-state index is 12.8. The van der Waals surface area contributed by atoms with Gasteiger partial charge in [0, 0.05) is 4.90 Å². The number of halogens is 1. The summed E-state index contributed by atoms with van der Waals surface area (Å²) < 4.78 is 12.8. The first-order valence-corrected chi connectivity index (χ1v) is 4.87. The molecule has 0 saturated carbocycles. The third kappa shape index (κ3) is 1.89. The first kappa shape index (κ1) is 9.33. The van der Waals surface area contributed by atoms with Gasteiger partial charge in [-0.2, -0.15) is 0 Å². The van der Waals surface area contributed by atoms with Crippen LogP contribution < -0.4 is 0 Å². The van der Waals surface area contributed by atoms with E-state index in [9.17, 15) is 4.39 Å². The van der Waals surface area contributed by atoms with E-state index in [1.165, 1.54) is 23.9 Å². The molecule has 0 saturated heterocycles. The van der Waals surface area contributed by atoms with E-state index in [1.807, 2.05) is 13.2 Å². The van der Waals surface area contributed by atoms with Gasteiger partial charge in [0.25, 0.3) is 0 Å². The van der Waals surface area contributed by atoms with Gasteiger partial charge in [0.05, 0.1) is 0 Å². The Morgan fingerprint density at radius 2 is 2.17 bits per heavy atom. The van der Waals surface area contributed by atoms with E-state index in [0.29, 0.717) is 0 Å². The summed E-state index contributed by atoms with van der Waals surface area (Å²) in [7, 11) is 0. The van der Waals surface area contributed by atoms with E-state index in [1.54, 1.807) is 6.07 Å². The van der Waals surface area contributed by atoms with Gasteiger partial charge in [-0.1, -0.05) is 12.6 Å². The van der Waals surface area contributed by atoms with Gasteiger partial charge < -0.3 is 0 Å². The van der Waals surface area contributed by atoms with Crippen LogP contribution in [-0.2, 0) is 0 Å². The summed E-state index contributed by atoms with van der Waals surface area (Å²) in [6, 6.07) is 4.77. The van der Waals surface area contributed by atoms with Crippen LogP contribution in [0, 0.1) is 5.82 Å². The molecule has 0 amide bonds. The fraction of sp³-hybridized carbons (Fsp3) is 0.200. The fourth-order valence-corrected chi connectivity index (χ4v) is 1.71. The minimum atomic E-state index is -0.190. The minimum absolute atomic E-state index is 0.190. The molecule has 0 N–H and O–H groups in total. The molecule has 0 atom stereocenters. The smallest absolute Gasteiger partial charge is 0.124 e. The van der Waals surface area contributed by atoms with Crippen molar-refractivity contribution < 1.29 is 4.39 Å². The molecule has 1 aromatic rings. The van der Waals surface area contributed by atoms with Gasteiger partial charge in [-0.25, -0.2) is 4.39 Å². The average Bonchev–Trinajstić information content (AvgIpc) is 2.03. The van der Waals surface area contributed by atoms with Crippen molar-refractivity contribution in [2.75, 3.05) is 6.26 Å². The van der Waals surface area contributed by atoms with Crippen LogP contribution in [0.2, 0.25) is 0 Å². The van der Waals surface area contributed by atoms with Crippen molar-refractivity contribution >= 4 is 17.3 Å². The second kappa shape index (κ2) is 3.76. The summed E-state index contributed by atoms with van der Waals surface area (Å²) in [4.78, 5) is 0.947. The van der Waals surface area contributed by atoms with Gasteiger partial charge >= 0.3 is 0 Å². The Hall–Kier alpha value is -0.760. The topological polar surface area (TPSA) is 0 Å². The monoisotopic (exact) mass is 182 g/mol. The van der Waals surface area contributed by atoms with E-state index in [2.05, 4.69) is 6.58 Å². The molecule has 1 aromatic carbocycles. The number of rotatable bonds is 2. The predicted octanol–water partition coefficient (Wildman–Crippen LogP) is 3.58. The van der Waals surface area contributed by atoms with Gasteiger partial charge in [-0.15, -0.1) is 11.8 Å². The lowest BCUT2D eigenvalue weighted by Gasteiger charge is -2.05. The van der Waals surface area contributed by atoms with Crippen molar-refractivity contribution in [2.24, 2.45) is 0 Å². The Morgan fingerprint density at radius 3 is 2.67 bits per heavy atom. The fourth-order valence-electron chi connectivity index (χ4n) is 1.02. The summed E-state index contributed by atoms with van der Waals surface area (Å²) >= 11 is 1.54. The highest BCUT2D eigenvalue weighted by Gasteiger charge is 2.02. The zero-order valence-electron chi connectivity index (χ0n) is 7.23. The normalized spacial score (nSPS) is 9.92. The molecule has 12 heavy (non-hydrogen) atoms. The maximum atomic E-state index is 12.8. The minimum Gasteiger partial charge on any atom is -0.207 e. The summed E-state index contributed by atoms with van der Waals surface area (Å²) in [6.45, 7) is 5.75. The third-order valence-electron chi connectivity index (χ3n) is 1.62. The van der Waals surface area contributed by atoms with E-state index < -0.39 is 0 Å². The Kier molecular flexibility index (Phi) is 2.93. The van der Waals surface area contributed by atoms with Gasteiger partial charge in [0.1, 0.15) is 5.82 Å². The van der Waals surface area contributed by atoms with E-state index >= 15 is 0 Å². The zero-order valence-corrected chi connectivity index (χ0v) is 8.04. The standard InChI is InChI=1S/C10H11FS/c1-7(2)9-5-4-8(11)6-10(9)12-3/h4-6H,1H2,2-3H3. The second-order valence-corrected chi connectivity index (χ2v) is 3.47. The molecule has 0 bridgehead atoms. The molecule has 0 radical (unpaired) electrons. The summed E-state index contributed by atoms with van der Waals surface area (Å²) in [5.41, 5.74) is 2.00. The number of allylic oxidation sites excluding steroid dienone is 1. The first-order chi connectivity index (χ1) is 5.65. The quantitative estimate of drug-likeness (QED) is 0.630. The van der Waals surface area contributed by atoms with Crippen molar-refractivity contribution in [3.05, 3.63) is 36.2 Å². The van der Waals surface area contributed by atoms with Crippen molar-refractivity contribution in [1.29, 1.82) is 0 Å². The molecule has 0 aliphatic rings. The van der Waals surface area contributed by atoms with Crippen LogP contribution in [-0.4, -0.2) is 6.26 Å². The molecule has 0 spiro atoms. The van der Waals surface area contributed by atoms with Gasteiger partial charge in [0.2, 0.25) is 0 Å². The zero-order chi connectivity index (χ0) is 9.14. The SMILES string of the molecule is C=C(C)c1ccc(F)cc1SC. The molecule has 0 aromatic heterocycles. The first-order valence-electron chi connectivity index (χ1n) is 3.64. The highest BCUT2D eigenvalue weighted by Crippen LogP contribution is 2.26. The molecule has 0 fully saturated rings. The lowest BCUT2D eigenvalue weighted by Crippen LogP contribution is -1.84. The van der Waals surface area contributed by atoms with Crippen LogP contribution in [0.4, 0.5) is 4.39 Å². The molecule has 64 valence electrons. The van der Waals surface area contributed by atoms with Crippen molar-refractivity contribution in [3.8, 4) is 0 Å². The molecule has 0 aliphatic heterocycles. The molecular formula is C10H11FS. The number of thioether (sulfide) groups is 1. The van der Waals surface area contributed by atoms with Crippen LogP contribution in [0.3, 0.4) is 0 Å².